The molecule has 1 aromatic carbocycles. The van der Waals surface area contributed by atoms with Gasteiger partial charge in [0.15, 0.2) is 17.3 Å². The number of carbonyl (C=O) groups excluding carboxylic acids is 1. The van der Waals surface area contributed by atoms with E-state index in [0.29, 0.717) is 17.9 Å². The molecule has 1 aliphatic rings. The van der Waals surface area contributed by atoms with Gasteiger partial charge in [-0.1, -0.05) is 6.07 Å². The molecule has 2 N–H and O–H groups in total. The van der Waals surface area contributed by atoms with E-state index in [0.717, 1.165) is 36.3 Å². The number of aromatic amines is 1. The predicted molar refractivity (Wildman–Crippen MR) is 94.9 cm³/mol. The second-order valence-electron chi connectivity index (χ2n) is 6.11. The highest BCUT2D eigenvalue weighted by atomic mass is 16.5. The first-order chi connectivity index (χ1) is 12.2. The van der Waals surface area contributed by atoms with Crippen LogP contribution >= 0.6 is 0 Å². The molecule has 6 heteroatoms. The van der Waals surface area contributed by atoms with Crippen molar-refractivity contribution in [1.29, 1.82) is 0 Å². The van der Waals surface area contributed by atoms with Crippen LogP contribution in [-0.2, 0) is 11.2 Å². The van der Waals surface area contributed by atoms with Gasteiger partial charge in [0, 0.05) is 43.1 Å². The zero-order valence-electron chi connectivity index (χ0n) is 14.5. The maximum absolute atomic E-state index is 12.1. The van der Waals surface area contributed by atoms with Crippen molar-refractivity contribution in [3.63, 3.8) is 0 Å². The highest BCUT2D eigenvalue weighted by Gasteiger charge is 2.23. The van der Waals surface area contributed by atoms with Gasteiger partial charge in [-0.3, -0.25) is 4.79 Å². The van der Waals surface area contributed by atoms with E-state index >= 15 is 0 Å². The number of allylic oxidation sites excluding steroid dienone is 2. The zero-order valence-corrected chi connectivity index (χ0v) is 14.5. The summed E-state index contributed by atoms with van der Waals surface area (Å²) in [6.07, 6.45) is 7.38. The van der Waals surface area contributed by atoms with E-state index in [9.17, 15) is 4.79 Å². The van der Waals surface area contributed by atoms with E-state index in [1.165, 1.54) is 0 Å². The maximum Gasteiger partial charge on any atom is 0.160 e. The average Bonchev–Trinajstić information content (AvgIpc) is 3.14. The Labute approximate surface area is 147 Å². The van der Waals surface area contributed by atoms with Crippen LogP contribution < -0.4 is 14.8 Å². The highest BCUT2D eigenvalue weighted by Crippen LogP contribution is 2.36. The summed E-state index contributed by atoms with van der Waals surface area (Å²) in [4.78, 5) is 19.2. The Morgan fingerprint density at radius 1 is 1.24 bits per heavy atom. The van der Waals surface area contributed by atoms with Gasteiger partial charge in [-0.15, -0.1) is 0 Å². The van der Waals surface area contributed by atoms with E-state index in [4.69, 9.17) is 9.47 Å². The van der Waals surface area contributed by atoms with Gasteiger partial charge in [0.2, 0.25) is 0 Å². The highest BCUT2D eigenvalue weighted by molar-refractivity contribution is 5.92. The average molecular weight is 341 g/mol. The van der Waals surface area contributed by atoms with Crippen molar-refractivity contribution in [2.24, 2.45) is 0 Å². The van der Waals surface area contributed by atoms with Crippen molar-refractivity contribution in [1.82, 2.24) is 15.3 Å². The molecule has 2 aromatic rings. The Morgan fingerprint density at radius 2 is 2.08 bits per heavy atom. The molecule has 0 saturated carbocycles. The smallest absolute Gasteiger partial charge is 0.160 e. The lowest BCUT2D eigenvalue weighted by Gasteiger charge is -2.24. The number of nitrogens with one attached hydrogen (secondary N) is 2. The van der Waals surface area contributed by atoms with E-state index in [-0.39, 0.29) is 11.7 Å². The molecule has 132 valence electrons. The van der Waals surface area contributed by atoms with Crippen molar-refractivity contribution < 1.29 is 14.3 Å². The van der Waals surface area contributed by atoms with Gasteiger partial charge in [-0.05, 0) is 30.0 Å². The molecule has 0 spiro atoms. The van der Waals surface area contributed by atoms with E-state index in [1.54, 1.807) is 26.6 Å². The quantitative estimate of drug-likeness (QED) is 0.809. The fourth-order valence-electron chi connectivity index (χ4n) is 3.14. The first kappa shape index (κ1) is 17.1. The third-order valence-corrected chi connectivity index (χ3v) is 4.43. The molecule has 0 aliphatic heterocycles. The van der Waals surface area contributed by atoms with Crippen molar-refractivity contribution in [2.75, 3.05) is 20.8 Å². The van der Waals surface area contributed by atoms with Gasteiger partial charge in [0.05, 0.1) is 20.5 Å². The molecule has 25 heavy (non-hydrogen) atoms. The normalized spacial score (nSPS) is 17.1. The van der Waals surface area contributed by atoms with Crippen LogP contribution in [0.3, 0.4) is 0 Å². The van der Waals surface area contributed by atoms with Gasteiger partial charge in [-0.25, -0.2) is 4.98 Å². The summed E-state index contributed by atoms with van der Waals surface area (Å²) in [5.41, 5.74) is 3.15. The second-order valence-corrected chi connectivity index (χ2v) is 6.11. The topological polar surface area (TPSA) is 76.2 Å². The van der Waals surface area contributed by atoms with Crippen LogP contribution in [0.25, 0.3) is 0 Å². The molecule has 3 rings (SSSR count). The Bertz CT molecular complexity index is 753. The molecule has 0 radical (unpaired) electrons. The monoisotopic (exact) mass is 341 g/mol. The molecule has 0 fully saturated rings. The number of H-pyrrole nitrogens is 1. The number of ketones is 1. The number of aromatic nitrogens is 2. The maximum atomic E-state index is 12.1. The number of rotatable bonds is 7. The summed E-state index contributed by atoms with van der Waals surface area (Å²) in [7, 11) is 3.24. The fourth-order valence-corrected chi connectivity index (χ4v) is 3.14. The lowest BCUT2D eigenvalue weighted by Crippen LogP contribution is -2.24. The molecule has 0 saturated heterocycles. The summed E-state index contributed by atoms with van der Waals surface area (Å²) < 4.78 is 10.7. The van der Waals surface area contributed by atoms with Crippen molar-refractivity contribution in [3.8, 4) is 11.5 Å². The van der Waals surface area contributed by atoms with Crippen LogP contribution in [0.5, 0.6) is 11.5 Å². The number of carbonyl (C=O) groups is 1. The van der Waals surface area contributed by atoms with E-state index < -0.39 is 0 Å². The summed E-state index contributed by atoms with van der Waals surface area (Å²) in [6.45, 7) is 0.764. The molecule has 0 amide bonds. The molecule has 1 heterocycles. The number of benzene rings is 1. The summed E-state index contributed by atoms with van der Waals surface area (Å²) in [6, 6.07) is 5.86. The fraction of sp³-hybridized carbons (Fsp3) is 0.368. The standard InChI is InChI=1S/C19H23N3O3/c1-24-18-4-3-13(9-19(18)25-2)14-7-16(10-17(23)8-14)21-6-5-15-11-20-12-22-15/h3-4,9-12,14,21H,5-8H2,1-2H3,(H,20,22)/t14-/m0/s1. The van der Waals surface area contributed by atoms with Crippen LogP contribution in [0, 0.1) is 0 Å². The summed E-state index contributed by atoms with van der Waals surface area (Å²) >= 11 is 0. The van der Waals surface area contributed by atoms with Gasteiger partial charge in [-0.2, -0.15) is 0 Å². The van der Waals surface area contributed by atoms with Gasteiger partial charge < -0.3 is 19.8 Å². The van der Waals surface area contributed by atoms with Crippen molar-refractivity contribution in [2.45, 2.75) is 25.2 Å². The Kier molecular flexibility index (Phi) is 5.38. The number of nitrogens with zero attached hydrogens (tertiary/aromatic N) is 1. The predicted octanol–water partition coefficient (Wildman–Crippen LogP) is 2.59. The Hall–Kier alpha value is -2.76. The molecule has 1 aliphatic carbocycles. The minimum Gasteiger partial charge on any atom is -0.493 e. The molecule has 6 nitrogen and oxygen atoms in total. The van der Waals surface area contributed by atoms with E-state index in [1.807, 2.05) is 24.4 Å². The van der Waals surface area contributed by atoms with Crippen LogP contribution in [0.2, 0.25) is 0 Å². The van der Waals surface area contributed by atoms with Crippen LogP contribution in [-0.4, -0.2) is 36.5 Å². The molecule has 1 atom stereocenters. The van der Waals surface area contributed by atoms with Gasteiger partial charge >= 0.3 is 0 Å². The molecule has 0 bridgehead atoms. The van der Waals surface area contributed by atoms with Crippen LogP contribution in [0.1, 0.15) is 30.0 Å². The number of imidazole rings is 1. The third kappa shape index (κ3) is 4.21. The lowest BCUT2D eigenvalue weighted by atomic mass is 9.85. The number of hydrogen-bond donors (Lipinski definition) is 2. The second kappa shape index (κ2) is 7.88. The zero-order chi connectivity index (χ0) is 17.6. The molecule has 1 aromatic heterocycles. The Balaban J connectivity index is 1.65. The first-order valence-corrected chi connectivity index (χ1v) is 8.36. The van der Waals surface area contributed by atoms with Crippen LogP contribution in [0.15, 0.2) is 42.5 Å². The third-order valence-electron chi connectivity index (χ3n) is 4.43. The van der Waals surface area contributed by atoms with Crippen LogP contribution in [0.4, 0.5) is 0 Å². The number of hydrogen-bond acceptors (Lipinski definition) is 5. The van der Waals surface area contributed by atoms with E-state index in [2.05, 4.69) is 15.3 Å². The molecular formula is C19H23N3O3. The summed E-state index contributed by atoms with van der Waals surface area (Å²) in [5.74, 6) is 1.68. The number of ether oxygens (including phenoxy) is 2. The minimum atomic E-state index is 0.145. The van der Waals surface area contributed by atoms with Gasteiger partial charge in [0.1, 0.15) is 0 Å². The number of methoxy groups -OCH3 is 2. The minimum absolute atomic E-state index is 0.145. The SMILES string of the molecule is COc1ccc([C@@H]2CC(=O)C=C(NCCc3cnc[nH]3)C2)cc1OC. The molecular weight excluding hydrogens is 318 g/mol. The van der Waals surface area contributed by atoms with Crippen molar-refractivity contribution in [3.05, 3.63) is 53.8 Å². The first-order valence-electron chi connectivity index (χ1n) is 8.36. The molecule has 0 unspecified atom stereocenters. The van der Waals surface area contributed by atoms with Gasteiger partial charge in [0.25, 0.3) is 0 Å². The summed E-state index contributed by atoms with van der Waals surface area (Å²) in [5, 5.41) is 3.38. The Morgan fingerprint density at radius 3 is 2.80 bits per heavy atom. The van der Waals surface area contributed by atoms with Crippen molar-refractivity contribution >= 4 is 5.78 Å². The largest absolute Gasteiger partial charge is 0.493 e. The lowest BCUT2D eigenvalue weighted by molar-refractivity contribution is -0.115.